The number of nitrogens with one attached hydrogen (secondary N) is 1. The third kappa shape index (κ3) is 6.23. The fourth-order valence-corrected chi connectivity index (χ4v) is 2.78. The zero-order chi connectivity index (χ0) is 15.0. The molecule has 0 aliphatic heterocycles. The highest BCUT2D eigenvalue weighted by atomic mass is 32.2. The Morgan fingerprint density at radius 3 is 2.30 bits per heavy atom. The minimum absolute atomic E-state index is 0.628. The summed E-state index contributed by atoms with van der Waals surface area (Å²) in [4.78, 5) is 9.34. The summed E-state index contributed by atoms with van der Waals surface area (Å²) in [6.45, 7) is 13.0. The predicted molar refractivity (Wildman–Crippen MR) is 89.4 cm³/mol. The van der Waals surface area contributed by atoms with Gasteiger partial charge in [-0.3, -0.25) is 0 Å². The number of nitrogens with zero attached hydrogens (tertiary/aromatic N) is 2. The van der Waals surface area contributed by atoms with E-state index < -0.39 is 0 Å². The number of thioether (sulfide) groups is 1. The zero-order valence-corrected chi connectivity index (χ0v) is 14.4. The van der Waals surface area contributed by atoms with Crippen molar-refractivity contribution in [2.75, 3.05) is 13.1 Å². The molecule has 1 rings (SSSR count). The van der Waals surface area contributed by atoms with E-state index in [-0.39, 0.29) is 0 Å². The van der Waals surface area contributed by atoms with Crippen LogP contribution in [0.4, 0.5) is 0 Å². The molecule has 0 saturated heterocycles. The molecule has 0 aliphatic rings. The standard InChI is InChI=1S/C16H29N3S/c1-6-9-17-10-7-8-15-13(4)18-16(19-14(15)5)11-20-12(2)3/h12,17H,6-11H2,1-5H3. The molecule has 4 heteroatoms. The van der Waals surface area contributed by atoms with Crippen LogP contribution in [-0.2, 0) is 12.2 Å². The van der Waals surface area contributed by atoms with Crippen molar-refractivity contribution in [1.29, 1.82) is 0 Å². The van der Waals surface area contributed by atoms with Gasteiger partial charge >= 0.3 is 0 Å². The van der Waals surface area contributed by atoms with Crippen molar-refractivity contribution in [2.45, 2.75) is 64.9 Å². The van der Waals surface area contributed by atoms with E-state index in [2.05, 4.69) is 49.9 Å². The van der Waals surface area contributed by atoms with Crippen LogP contribution in [-0.4, -0.2) is 28.3 Å². The Kier molecular flexibility index (Phi) is 8.15. The second-order valence-electron chi connectivity index (χ2n) is 5.50. The Balaban J connectivity index is 2.55. The summed E-state index contributed by atoms with van der Waals surface area (Å²) in [5.41, 5.74) is 3.65. The van der Waals surface area contributed by atoms with Crippen LogP contribution in [0.2, 0.25) is 0 Å². The maximum Gasteiger partial charge on any atom is 0.138 e. The van der Waals surface area contributed by atoms with Crippen molar-refractivity contribution >= 4 is 11.8 Å². The highest BCUT2D eigenvalue weighted by molar-refractivity contribution is 7.99. The average molecular weight is 295 g/mol. The van der Waals surface area contributed by atoms with E-state index in [1.807, 2.05) is 11.8 Å². The van der Waals surface area contributed by atoms with Gasteiger partial charge in [0.05, 0.1) is 5.75 Å². The van der Waals surface area contributed by atoms with Gasteiger partial charge < -0.3 is 5.32 Å². The van der Waals surface area contributed by atoms with Gasteiger partial charge in [0.2, 0.25) is 0 Å². The Bertz CT molecular complexity index is 382. The first kappa shape index (κ1) is 17.4. The number of aromatic nitrogens is 2. The molecule has 0 bridgehead atoms. The summed E-state index contributed by atoms with van der Waals surface area (Å²) >= 11 is 1.90. The van der Waals surface area contributed by atoms with Gasteiger partial charge in [-0.05, 0) is 57.0 Å². The highest BCUT2D eigenvalue weighted by Crippen LogP contribution is 2.18. The van der Waals surface area contributed by atoms with Gasteiger partial charge in [-0.25, -0.2) is 9.97 Å². The molecule has 1 N–H and O–H groups in total. The summed E-state index contributed by atoms with van der Waals surface area (Å²) in [7, 11) is 0. The summed E-state index contributed by atoms with van der Waals surface area (Å²) in [5.74, 6) is 1.89. The van der Waals surface area contributed by atoms with E-state index in [9.17, 15) is 0 Å². The highest BCUT2D eigenvalue weighted by Gasteiger charge is 2.09. The fraction of sp³-hybridized carbons (Fsp3) is 0.750. The molecule has 0 amide bonds. The average Bonchev–Trinajstić information content (AvgIpc) is 2.38. The first-order chi connectivity index (χ1) is 9.54. The van der Waals surface area contributed by atoms with Gasteiger partial charge in [0.25, 0.3) is 0 Å². The molecule has 3 nitrogen and oxygen atoms in total. The summed E-state index contributed by atoms with van der Waals surface area (Å²) in [5, 5.41) is 4.07. The molecule has 0 unspecified atom stereocenters. The predicted octanol–water partition coefficient (Wildman–Crippen LogP) is 3.67. The fourth-order valence-electron chi connectivity index (χ4n) is 2.17. The Hall–Kier alpha value is -0.610. The summed E-state index contributed by atoms with van der Waals surface area (Å²) in [6, 6.07) is 0. The van der Waals surface area contributed by atoms with Crippen LogP contribution in [0.3, 0.4) is 0 Å². The Labute approximate surface area is 128 Å². The molecule has 0 radical (unpaired) electrons. The number of hydrogen-bond acceptors (Lipinski definition) is 4. The second kappa shape index (κ2) is 9.35. The van der Waals surface area contributed by atoms with Crippen molar-refractivity contribution in [3.05, 3.63) is 22.8 Å². The molecular weight excluding hydrogens is 266 g/mol. The zero-order valence-electron chi connectivity index (χ0n) is 13.6. The van der Waals surface area contributed by atoms with E-state index in [0.29, 0.717) is 5.25 Å². The van der Waals surface area contributed by atoms with E-state index in [1.165, 1.54) is 12.0 Å². The van der Waals surface area contributed by atoms with Crippen LogP contribution in [0.1, 0.15) is 56.4 Å². The lowest BCUT2D eigenvalue weighted by Gasteiger charge is -2.12. The van der Waals surface area contributed by atoms with Crippen LogP contribution in [0.5, 0.6) is 0 Å². The Morgan fingerprint density at radius 2 is 1.75 bits per heavy atom. The first-order valence-corrected chi connectivity index (χ1v) is 8.74. The van der Waals surface area contributed by atoms with E-state index in [0.717, 1.165) is 48.9 Å². The molecule has 20 heavy (non-hydrogen) atoms. The summed E-state index contributed by atoms with van der Waals surface area (Å²) in [6.07, 6.45) is 3.43. The smallest absolute Gasteiger partial charge is 0.138 e. The lowest BCUT2D eigenvalue weighted by Crippen LogP contribution is -2.17. The maximum atomic E-state index is 4.67. The molecule has 1 aromatic rings. The van der Waals surface area contributed by atoms with Crippen LogP contribution in [0.15, 0.2) is 0 Å². The number of aryl methyl sites for hydroxylation is 2. The Morgan fingerprint density at radius 1 is 1.10 bits per heavy atom. The summed E-state index contributed by atoms with van der Waals surface area (Å²) < 4.78 is 0. The van der Waals surface area contributed by atoms with Gasteiger partial charge in [-0.2, -0.15) is 11.8 Å². The minimum Gasteiger partial charge on any atom is -0.317 e. The van der Waals surface area contributed by atoms with Crippen molar-refractivity contribution < 1.29 is 0 Å². The van der Waals surface area contributed by atoms with Crippen LogP contribution in [0, 0.1) is 13.8 Å². The first-order valence-electron chi connectivity index (χ1n) is 7.69. The molecule has 0 atom stereocenters. The van der Waals surface area contributed by atoms with E-state index >= 15 is 0 Å². The van der Waals surface area contributed by atoms with Crippen LogP contribution >= 0.6 is 11.8 Å². The molecule has 0 fully saturated rings. The monoisotopic (exact) mass is 295 g/mol. The third-order valence-corrected chi connectivity index (χ3v) is 4.31. The SMILES string of the molecule is CCCNCCCc1c(C)nc(CSC(C)C)nc1C. The lowest BCUT2D eigenvalue weighted by molar-refractivity contribution is 0.636. The molecule has 1 heterocycles. The van der Waals surface area contributed by atoms with Gasteiger partial charge in [-0.15, -0.1) is 0 Å². The topological polar surface area (TPSA) is 37.8 Å². The molecular formula is C16H29N3S. The molecule has 0 aromatic carbocycles. The normalized spacial score (nSPS) is 11.3. The van der Waals surface area contributed by atoms with Gasteiger partial charge in [-0.1, -0.05) is 20.8 Å². The second-order valence-corrected chi connectivity index (χ2v) is 7.07. The van der Waals surface area contributed by atoms with E-state index in [4.69, 9.17) is 0 Å². The van der Waals surface area contributed by atoms with Gasteiger partial charge in [0.15, 0.2) is 0 Å². The van der Waals surface area contributed by atoms with E-state index in [1.54, 1.807) is 0 Å². The molecule has 0 spiro atoms. The van der Waals surface area contributed by atoms with Crippen molar-refractivity contribution in [3.8, 4) is 0 Å². The maximum absolute atomic E-state index is 4.67. The largest absolute Gasteiger partial charge is 0.317 e. The molecule has 114 valence electrons. The minimum atomic E-state index is 0.628. The molecule has 0 aliphatic carbocycles. The van der Waals surface area contributed by atoms with Crippen molar-refractivity contribution in [1.82, 2.24) is 15.3 Å². The molecule has 0 saturated carbocycles. The quantitative estimate of drug-likeness (QED) is 0.705. The third-order valence-electron chi connectivity index (χ3n) is 3.22. The number of rotatable bonds is 9. The molecule has 1 aromatic heterocycles. The van der Waals surface area contributed by atoms with Crippen molar-refractivity contribution in [2.24, 2.45) is 0 Å². The van der Waals surface area contributed by atoms with Gasteiger partial charge in [0, 0.05) is 11.4 Å². The lowest BCUT2D eigenvalue weighted by atomic mass is 10.1. The van der Waals surface area contributed by atoms with Gasteiger partial charge in [0.1, 0.15) is 5.82 Å². The van der Waals surface area contributed by atoms with Crippen LogP contribution in [0.25, 0.3) is 0 Å². The number of hydrogen-bond donors (Lipinski definition) is 1. The van der Waals surface area contributed by atoms with Crippen LogP contribution < -0.4 is 5.32 Å². The van der Waals surface area contributed by atoms with Crippen molar-refractivity contribution in [3.63, 3.8) is 0 Å².